The van der Waals surface area contributed by atoms with Crippen molar-refractivity contribution in [1.82, 2.24) is 9.97 Å². The molecule has 126 valence electrons. The molecule has 1 aliphatic rings. The number of nitrogens with one attached hydrogen (secondary N) is 3. The predicted molar refractivity (Wildman–Crippen MR) is 96.4 cm³/mol. The fourth-order valence-electron chi connectivity index (χ4n) is 2.85. The summed E-state index contributed by atoms with van der Waals surface area (Å²) in [5.74, 6) is 1.14. The van der Waals surface area contributed by atoms with Crippen molar-refractivity contribution in [3.05, 3.63) is 30.6 Å². The lowest BCUT2D eigenvalue weighted by atomic mass is 10.2. The van der Waals surface area contributed by atoms with Crippen LogP contribution in [-0.4, -0.2) is 21.9 Å². The number of hydrogen-bond acceptors (Lipinski definition) is 6. The minimum atomic E-state index is -0.0987. The van der Waals surface area contributed by atoms with Crippen LogP contribution in [0.5, 0.6) is 0 Å². The van der Waals surface area contributed by atoms with E-state index in [4.69, 9.17) is 5.73 Å². The average molecular weight is 326 g/mol. The van der Waals surface area contributed by atoms with Gasteiger partial charge in [-0.25, -0.2) is 9.97 Å². The molecule has 3 rings (SSSR count). The van der Waals surface area contributed by atoms with Gasteiger partial charge in [-0.05, 0) is 37.1 Å². The summed E-state index contributed by atoms with van der Waals surface area (Å²) < 4.78 is 0. The van der Waals surface area contributed by atoms with Gasteiger partial charge in [0.05, 0.1) is 0 Å². The minimum Gasteiger partial charge on any atom is -0.393 e. The van der Waals surface area contributed by atoms with Gasteiger partial charge in [0, 0.05) is 24.3 Å². The molecule has 1 aromatic carbocycles. The predicted octanol–water partition coefficient (Wildman–Crippen LogP) is 3.12. The number of hydrogen-bond donors (Lipinski definition) is 4. The Morgan fingerprint density at radius 3 is 2.38 bits per heavy atom. The maximum Gasteiger partial charge on any atom is 0.221 e. The Labute approximate surface area is 141 Å². The van der Waals surface area contributed by atoms with Gasteiger partial charge in [-0.15, -0.1) is 0 Å². The fourth-order valence-corrected chi connectivity index (χ4v) is 2.85. The molecule has 7 heteroatoms. The highest BCUT2D eigenvalue weighted by Crippen LogP contribution is 2.29. The quantitative estimate of drug-likeness (QED) is 0.673. The van der Waals surface area contributed by atoms with E-state index in [1.165, 1.54) is 26.1 Å². The zero-order chi connectivity index (χ0) is 16.9. The second kappa shape index (κ2) is 7.16. The molecule has 5 N–H and O–H groups in total. The SMILES string of the molecule is CC(=O)Nc1ccc(Nc2ncnc(NC3CCCC3)c2N)cc1. The number of nitrogens with zero attached hydrogens (tertiary/aromatic N) is 2. The molecule has 1 amide bonds. The number of aromatic nitrogens is 2. The van der Waals surface area contributed by atoms with Gasteiger partial charge in [-0.1, -0.05) is 12.8 Å². The third kappa shape index (κ3) is 3.92. The molecule has 1 heterocycles. The molecule has 0 saturated heterocycles. The van der Waals surface area contributed by atoms with E-state index in [2.05, 4.69) is 25.9 Å². The lowest BCUT2D eigenvalue weighted by molar-refractivity contribution is -0.114. The maximum atomic E-state index is 11.0. The molecule has 0 spiro atoms. The number of rotatable bonds is 5. The van der Waals surface area contributed by atoms with Crippen molar-refractivity contribution >= 4 is 34.6 Å². The topological polar surface area (TPSA) is 105 Å². The Balaban J connectivity index is 1.71. The summed E-state index contributed by atoms with van der Waals surface area (Å²) in [4.78, 5) is 19.5. The van der Waals surface area contributed by atoms with Crippen molar-refractivity contribution < 1.29 is 4.79 Å². The minimum absolute atomic E-state index is 0.0987. The summed E-state index contributed by atoms with van der Waals surface area (Å²) in [6, 6.07) is 7.79. The van der Waals surface area contributed by atoms with Crippen LogP contribution in [-0.2, 0) is 4.79 Å². The monoisotopic (exact) mass is 326 g/mol. The zero-order valence-corrected chi connectivity index (χ0v) is 13.7. The Morgan fingerprint density at radius 2 is 1.71 bits per heavy atom. The Bertz CT molecular complexity index is 710. The van der Waals surface area contributed by atoms with E-state index < -0.39 is 0 Å². The molecular weight excluding hydrogens is 304 g/mol. The zero-order valence-electron chi connectivity index (χ0n) is 13.7. The summed E-state index contributed by atoms with van der Waals surface area (Å²) >= 11 is 0. The van der Waals surface area contributed by atoms with Crippen molar-refractivity contribution in [3.8, 4) is 0 Å². The summed E-state index contributed by atoms with van der Waals surface area (Å²) in [6.45, 7) is 1.48. The molecule has 0 atom stereocenters. The van der Waals surface area contributed by atoms with Gasteiger partial charge in [0.2, 0.25) is 5.91 Å². The first-order valence-corrected chi connectivity index (χ1v) is 8.13. The number of nitrogens with two attached hydrogens (primary N) is 1. The summed E-state index contributed by atoms with van der Waals surface area (Å²) in [5, 5.41) is 9.32. The molecule has 0 radical (unpaired) electrons. The Kier molecular flexibility index (Phi) is 4.79. The summed E-state index contributed by atoms with van der Waals surface area (Å²) in [7, 11) is 0. The number of benzene rings is 1. The first-order chi connectivity index (χ1) is 11.6. The number of carbonyl (C=O) groups excluding carboxylic acids is 1. The number of amides is 1. The first-order valence-electron chi connectivity index (χ1n) is 8.13. The van der Waals surface area contributed by atoms with Crippen LogP contribution in [0.1, 0.15) is 32.6 Å². The smallest absolute Gasteiger partial charge is 0.221 e. The Hall–Kier alpha value is -2.83. The summed E-state index contributed by atoms with van der Waals surface area (Å²) in [6.07, 6.45) is 6.29. The van der Waals surface area contributed by atoms with Crippen LogP contribution < -0.4 is 21.7 Å². The number of nitrogen functional groups attached to an aromatic ring is 1. The molecule has 7 nitrogen and oxygen atoms in total. The number of anilines is 5. The van der Waals surface area contributed by atoms with Gasteiger partial charge in [0.1, 0.15) is 12.0 Å². The maximum absolute atomic E-state index is 11.0. The second-order valence-corrected chi connectivity index (χ2v) is 5.99. The van der Waals surface area contributed by atoms with Crippen molar-refractivity contribution in [1.29, 1.82) is 0 Å². The lowest BCUT2D eigenvalue weighted by Gasteiger charge is -2.16. The van der Waals surface area contributed by atoms with Crippen LogP contribution >= 0.6 is 0 Å². The van der Waals surface area contributed by atoms with E-state index in [9.17, 15) is 4.79 Å². The molecular formula is C17H22N6O. The van der Waals surface area contributed by atoms with Gasteiger partial charge in [-0.3, -0.25) is 4.79 Å². The van der Waals surface area contributed by atoms with E-state index in [0.29, 0.717) is 23.4 Å². The average Bonchev–Trinajstić information content (AvgIpc) is 3.06. The van der Waals surface area contributed by atoms with E-state index in [0.717, 1.165) is 24.2 Å². The molecule has 1 saturated carbocycles. The van der Waals surface area contributed by atoms with Gasteiger partial charge >= 0.3 is 0 Å². The van der Waals surface area contributed by atoms with E-state index in [-0.39, 0.29) is 5.91 Å². The van der Waals surface area contributed by atoms with E-state index >= 15 is 0 Å². The molecule has 1 aliphatic carbocycles. The number of carbonyl (C=O) groups is 1. The molecule has 0 unspecified atom stereocenters. The van der Waals surface area contributed by atoms with E-state index in [1.807, 2.05) is 24.3 Å². The normalized spacial score (nSPS) is 14.4. The lowest BCUT2D eigenvalue weighted by Crippen LogP contribution is -2.17. The van der Waals surface area contributed by atoms with Crippen LogP contribution in [0, 0.1) is 0 Å². The largest absolute Gasteiger partial charge is 0.393 e. The van der Waals surface area contributed by atoms with Crippen LogP contribution in [0.25, 0.3) is 0 Å². The third-order valence-electron chi connectivity index (χ3n) is 4.05. The molecule has 2 aromatic rings. The van der Waals surface area contributed by atoms with Crippen molar-refractivity contribution in [2.75, 3.05) is 21.7 Å². The molecule has 1 fully saturated rings. The molecule has 1 aromatic heterocycles. The molecule has 0 aliphatic heterocycles. The van der Waals surface area contributed by atoms with Crippen LogP contribution in [0.2, 0.25) is 0 Å². The van der Waals surface area contributed by atoms with Crippen molar-refractivity contribution in [2.24, 2.45) is 0 Å². The van der Waals surface area contributed by atoms with Crippen LogP contribution in [0.4, 0.5) is 28.7 Å². The highest BCUT2D eigenvalue weighted by atomic mass is 16.1. The Morgan fingerprint density at radius 1 is 1.08 bits per heavy atom. The van der Waals surface area contributed by atoms with Crippen molar-refractivity contribution in [2.45, 2.75) is 38.6 Å². The highest BCUT2D eigenvalue weighted by Gasteiger charge is 2.17. The van der Waals surface area contributed by atoms with Crippen LogP contribution in [0.3, 0.4) is 0 Å². The summed E-state index contributed by atoms with van der Waals surface area (Å²) in [5.41, 5.74) is 8.29. The second-order valence-electron chi connectivity index (χ2n) is 5.99. The van der Waals surface area contributed by atoms with Crippen LogP contribution in [0.15, 0.2) is 30.6 Å². The van der Waals surface area contributed by atoms with E-state index in [1.54, 1.807) is 0 Å². The van der Waals surface area contributed by atoms with Gasteiger partial charge in [-0.2, -0.15) is 0 Å². The highest BCUT2D eigenvalue weighted by molar-refractivity contribution is 5.89. The van der Waals surface area contributed by atoms with Gasteiger partial charge in [0.15, 0.2) is 11.6 Å². The fraction of sp³-hybridized carbons (Fsp3) is 0.353. The van der Waals surface area contributed by atoms with Crippen molar-refractivity contribution in [3.63, 3.8) is 0 Å². The first kappa shape index (κ1) is 16.0. The standard InChI is InChI=1S/C17H22N6O/c1-11(24)21-13-6-8-14(9-7-13)23-17-15(18)16(19-10-20-17)22-12-4-2-3-5-12/h6-10,12H,2-5,18H2,1H3,(H,21,24)(H2,19,20,22,23). The molecule has 24 heavy (non-hydrogen) atoms. The van der Waals surface area contributed by atoms with Gasteiger partial charge < -0.3 is 21.7 Å². The van der Waals surface area contributed by atoms with Gasteiger partial charge in [0.25, 0.3) is 0 Å². The third-order valence-corrected chi connectivity index (χ3v) is 4.05. The molecule has 0 bridgehead atoms.